The van der Waals surface area contributed by atoms with Crippen LogP contribution in [0.25, 0.3) is 0 Å². The maximum atomic E-state index is 11.6. The molecule has 0 saturated carbocycles. The lowest BCUT2D eigenvalue weighted by Crippen LogP contribution is -2.30. The smallest absolute Gasteiger partial charge is 0.223 e. The first-order valence-electron chi connectivity index (χ1n) is 5.07. The van der Waals surface area contributed by atoms with Crippen molar-refractivity contribution in [3.63, 3.8) is 0 Å². The van der Waals surface area contributed by atoms with E-state index in [2.05, 4.69) is 19.2 Å². The van der Waals surface area contributed by atoms with Crippen LogP contribution in [0.1, 0.15) is 20.3 Å². The Morgan fingerprint density at radius 1 is 1.38 bits per heavy atom. The minimum absolute atomic E-state index is 0.297. The fourth-order valence-corrected chi connectivity index (χ4v) is 1.72. The summed E-state index contributed by atoms with van der Waals surface area (Å²) >= 11 is 0. The van der Waals surface area contributed by atoms with Gasteiger partial charge in [0.2, 0.25) is 5.91 Å². The van der Waals surface area contributed by atoms with E-state index in [-0.39, 0.29) is 0 Å². The van der Waals surface area contributed by atoms with Crippen molar-refractivity contribution < 1.29 is 4.79 Å². The van der Waals surface area contributed by atoms with Crippen molar-refractivity contribution in [2.75, 3.05) is 26.7 Å². The van der Waals surface area contributed by atoms with E-state index in [1.807, 2.05) is 11.9 Å². The summed E-state index contributed by atoms with van der Waals surface area (Å²) in [5, 5.41) is 3.00. The lowest BCUT2D eigenvalue weighted by Gasteiger charge is -2.15. The third kappa shape index (κ3) is 2.69. The molecule has 0 aromatic carbocycles. The number of carbonyl (C=O) groups excluding carboxylic acids is 1. The Balaban J connectivity index is 2.33. The number of nitrogens with zero attached hydrogens (tertiary/aromatic N) is 1. The lowest BCUT2D eigenvalue weighted by atomic mass is 10.0. The molecular formula is C10H20N2O. The monoisotopic (exact) mass is 184 g/mol. The highest BCUT2D eigenvalue weighted by atomic mass is 16.2. The summed E-state index contributed by atoms with van der Waals surface area (Å²) in [6, 6.07) is 0. The minimum atomic E-state index is 0.297. The van der Waals surface area contributed by atoms with Gasteiger partial charge in [0, 0.05) is 26.1 Å². The van der Waals surface area contributed by atoms with E-state index in [0.29, 0.717) is 24.2 Å². The van der Waals surface area contributed by atoms with Crippen LogP contribution in [0.2, 0.25) is 0 Å². The molecule has 2 unspecified atom stereocenters. The first-order chi connectivity index (χ1) is 6.15. The molecule has 1 N–H and O–H groups in total. The second kappa shape index (κ2) is 4.61. The summed E-state index contributed by atoms with van der Waals surface area (Å²) in [5.74, 6) is 1.63. The van der Waals surface area contributed by atoms with Crippen molar-refractivity contribution in [2.45, 2.75) is 20.3 Å². The molecule has 13 heavy (non-hydrogen) atoms. The molecule has 0 radical (unpaired) electrons. The number of amides is 1. The third-order valence-electron chi connectivity index (χ3n) is 2.93. The van der Waals surface area contributed by atoms with Gasteiger partial charge in [-0.3, -0.25) is 4.79 Å². The Kier molecular flexibility index (Phi) is 3.72. The quantitative estimate of drug-likeness (QED) is 0.700. The van der Waals surface area contributed by atoms with Gasteiger partial charge in [-0.15, -0.1) is 0 Å². The second-order valence-electron chi connectivity index (χ2n) is 4.11. The van der Waals surface area contributed by atoms with Crippen LogP contribution in [-0.4, -0.2) is 37.5 Å². The molecule has 0 aliphatic carbocycles. The summed E-state index contributed by atoms with van der Waals surface area (Å²) in [4.78, 5) is 13.6. The van der Waals surface area contributed by atoms with Crippen molar-refractivity contribution in [1.29, 1.82) is 0 Å². The summed E-state index contributed by atoms with van der Waals surface area (Å²) in [5.41, 5.74) is 0. The van der Waals surface area contributed by atoms with Gasteiger partial charge in [-0.1, -0.05) is 13.8 Å². The Morgan fingerprint density at radius 3 is 2.38 bits per heavy atom. The third-order valence-corrected chi connectivity index (χ3v) is 2.93. The number of rotatable bonds is 3. The van der Waals surface area contributed by atoms with Crippen molar-refractivity contribution in [3.8, 4) is 0 Å². The van der Waals surface area contributed by atoms with Gasteiger partial charge >= 0.3 is 0 Å². The Morgan fingerprint density at radius 2 is 1.92 bits per heavy atom. The van der Waals surface area contributed by atoms with Gasteiger partial charge < -0.3 is 10.2 Å². The zero-order chi connectivity index (χ0) is 9.84. The molecule has 1 aliphatic rings. The van der Waals surface area contributed by atoms with Crippen LogP contribution in [0.5, 0.6) is 0 Å². The minimum Gasteiger partial charge on any atom is -0.342 e. The maximum absolute atomic E-state index is 11.6. The molecular weight excluding hydrogens is 164 g/mol. The van der Waals surface area contributed by atoms with E-state index < -0.39 is 0 Å². The zero-order valence-corrected chi connectivity index (χ0v) is 8.84. The lowest BCUT2D eigenvalue weighted by molar-refractivity contribution is -0.130. The maximum Gasteiger partial charge on any atom is 0.223 e. The van der Waals surface area contributed by atoms with Crippen molar-refractivity contribution in [1.82, 2.24) is 10.2 Å². The largest absolute Gasteiger partial charge is 0.342 e. The van der Waals surface area contributed by atoms with E-state index in [9.17, 15) is 4.79 Å². The molecule has 0 bridgehead atoms. The van der Waals surface area contributed by atoms with Crippen LogP contribution in [0, 0.1) is 11.8 Å². The van der Waals surface area contributed by atoms with Gasteiger partial charge in [-0.25, -0.2) is 0 Å². The summed E-state index contributed by atoms with van der Waals surface area (Å²) in [7, 11) is 1.88. The molecule has 0 spiro atoms. The highest BCUT2D eigenvalue weighted by Gasteiger charge is 2.28. The molecule has 1 aliphatic heterocycles. The van der Waals surface area contributed by atoms with Gasteiger partial charge in [0.15, 0.2) is 0 Å². The molecule has 76 valence electrons. The predicted molar refractivity (Wildman–Crippen MR) is 53.5 cm³/mol. The van der Waals surface area contributed by atoms with Crippen LogP contribution < -0.4 is 5.32 Å². The highest BCUT2D eigenvalue weighted by molar-refractivity contribution is 5.76. The molecule has 1 amide bonds. The fraction of sp³-hybridized carbons (Fsp3) is 0.900. The number of carbonyl (C=O) groups is 1. The van der Waals surface area contributed by atoms with E-state index in [1.165, 1.54) is 0 Å². The Labute approximate surface area is 80.5 Å². The van der Waals surface area contributed by atoms with Crippen LogP contribution in [0.15, 0.2) is 0 Å². The van der Waals surface area contributed by atoms with Gasteiger partial charge in [0.05, 0.1) is 0 Å². The first kappa shape index (κ1) is 10.5. The van der Waals surface area contributed by atoms with Crippen LogP contribution in [0.4, 0.5) is 0 Å². The van der Waals surface area contributed by atoms with Crippen molar-refractivity contribution >= 4 is 5.91 Å². The standard InChI is InChI=1S/C10H20N2O/c1-8-6-12(7-9(8)2)10(13)4-5-11-3/h8-9,11H,4-7H2,1-3H3. The number of likely N-dealkylation sites (tertiary alicyclic amines) is 1. The summed E-state index contributed by atoms with van der Waals surface area (Å²) in [6.07, 6.45) is 0.635. The number of hydrogen-bond acceptors (Lipinski definition) is 2. The molecule has 3 nitrogen and oxygen atoms in total. The highest BCUT2D eigenvalue weighted by Crippen LogP contribution is 2.22. The molecule has 0 aromatic heterocycles. The zero-order valence-electron chi connectivity index (χ0n) is 8.84. The normalized spacial score (nSPS) is 28.1. The van der Waals surface area contributed by atoms with Crippen LogP contribution in [0.3, 0.4) is 0 Å². The number of nitrogens with one attached hydrogen (secondary N) is 1. The van der Waals surface area contributed by atoms with E-state index >= 15 is 0 Å². The molecule has 1 saturated heterocycles. The Bertz CT molecular complexity index is 172. The average molecular weight is 184 g/mol. The first-order valence-corrected chi connectivity index (χ1v) is 5.07. The predicted octanol–water partition coefficient (Wildman–Crippen LogP) is 0.710. The Hall–Kier alpha value is -0.570. The van der Waals surface area contributed by atoms with E-state index in [1.54, 1.807) is 0 Å². The number of hydrogen-bond donors (Lipinski definition) is 1. The van der Waals surface area contributed by atoms with Crippen LogP contribution in [-0.2, 0) is 4.79 Å². The van der Waals surface area contributed by atoms with E-state index in [4.69, 9.17) is 0 Å². The topological polar surface area (TPSA) is 32.3 Å². The molecule has 2 atom stereocenters. The van der Waals surface area contributed by atoms with Crippen molar-refractivity contribution in [2.24, 2.45) is 11.8 Å². The second-order valence-corrected chi connectivity index (χ2v) is 4.11. The average Bonchev–Trinajstić information content (AvgIpc) is 2.43. The van der Waals surface area contributed by atoms with Crippen LogP contribution >= 0.6 is 0 Å². The van der Waals surface area contributed by atoms with E-state index in [0.717, 1.165) is 19.6 Å². The molecule has 1 fully saturated rings. The van der Waals surface area contributed by atoms with Gasteiger partial charge in [0.25, 0.3) is 0 Å². The van der Waals surface area contributed by atoms with Gasteiger partial charge in [-0.2, -0.15) is 0 Å². The SMILES string of the molecule is CNCCC(=O)N1CC(C)C(C)C1. The molecule has 3 heteroatoms. The fourth-order valence-electron chi connectivity index (χ4n) is 1.72. The van der Waals surface area contributed by atoms with Gasteiger partial charge in [-0.05, 0) is 18.9 Å². The molecule has 1 rings (SSSR count). The summed E-state index contributed by atoms with van der Waals surface area (Å²) in [6.45, 7) is 7.12. The van der Waals surface area contributed by atoms with Gasteiger partial charge in [0.1, 0.15) is 0 Å². The summed E-state index contributed by atoms with van der Waals surface area (Å²) < 4.78 is 0. The molecule has 1 heterocycles. The van der Waals surface area contributed by atoms with Crippen molar-refractivity contribution in [3.05, 3.63) is 0 Å². The molecule has 0 aromatic rings.